The minimum atomic E-state index is -0.492. The second kappa shape index (κ2) is 3.04. The maximum atomic E-state index is 12.5. The molecule has 52 valence electrons. The van der Waals surface area contributed by atoms with Gasteiger partial charge in [-0.15, -0.1) is 0 Å². The van der Waals surface area contributed by atoms with Crippen LogP contribution in [-0.2, 0) is 0 Å². The van der Waals surface area contributed by atoms with E-state index in [0.717, 1.165) is 0 Å². The average Bonchev–Trinajstić information content (AvgIpc) is 1.95. The standard InChI is InChI=1S/C6H5BClFO/c8-5-2-1-4(7-10)3-6(5)9/h1-3,7,10H. The first-order chi connectivity index (χ1) is 4.74. The van der Waals surface area contributed by atoms with Crippen LogP contribution < -0.4 is 5.46 Å². The van der Waals surface area contributed by atoms with Gasteiger partial charge in [-0.25, -0.2) is 4.39 Å². The summed E-state index contributed by atoms with van der Waals surface area (Å²) in [5, 5.41) is 8.62. The van der Waals surface area contributed by atoms with Crippen LogP contribution in [0.15, 0.2) is 18.2 Å². The molecular weight excluding hydrogens is 153 g/mol. The lowest BCUT2D eigenvalue weighted by atomic mass is 9.89. The van der Waals surface area contributed by atoms with E-state index < -0.39 is 5.82 Å². The smallest absolute Gasteiger partial charge is 0.304 e. The van der Waals surface area contributed by atoms with E-state index in [2.05, 4.69) is 0 Å². The molecule has 0 atom stereocenters. The molecule has 0 unspecified atom stereocenters. The Morgan fingerprint density at radius 3 is 2.70 bits per heavy atom. The normalized spacial score (nSPS) is 9.50. The van der Waals surface area contributed by atoms with Crippen molar-refractivity contribution in [3.05, 3.63) is 29.0 Å². The maximum Gasteiger partial charge on any atom is 0.304 e. The van der Waals surface area contributed by atoms with Crippen molar-refractivity contribution in [2.75, 3.05) is 0 Å². The molecule has 1 nitrogen and oxygen atoms in total. The van der Waals surface area contributed by atoms with Crippen LogP contribution in [-0.4, -0.2) is 12.5 Å². The molecule has 1 aromatic carbocycles. The molecule has 0 saturated heterocycles. The van der Waals surface area contributed by atoms with Gasteiger partial charge in [0.25, 0.3) is 0 Å². The van der Waals surface area contributed by atoms with Crippen molar-refractivity contribution in [3.8, 4) is 0 Å². The summed E-state index contributed by atoms with van der Waals surface area (Å²) in [5.74, 6) is -0.492. The van der Waals surface area contributed by atoms with Gasteiger partial charge in [0.05, 0.1) is 5.02 Å². The minimum absolute atomic E-state index is 0.0807. The monoisotopic (exact) mass is 158 g/mol. The van der Waals surface area contributed by atoms with Crippen LogP contribution in [0.4, 0.5) is 4.39 Å². The quantitative estimate of drug-likeness (QED) is 0.588. The third-order valence-corrected chi connectivity index (χ3v) is 1.47. The molecule has 0 fully saturated rings. The molecule has 0 spiro atoms. The van der Waals surface area contributed by atoms with Gasteiger partial charge >= 0.3 is 7.48 Å². The number of hydrogen-bond donors (Lipinski definition) is 1. The Bertz CT molecular complexity index is 241. The number of rotatable bonds is 1. The van der Waals surface area contributed by atoms with Crippen molar-refractivity contribution in [1.29, 1.82) is 0 Å². The molecule has 0 bridgehead atoms. The predicted octanol–water partition coefficient (Wildman–Crippen LogP) is 0.448. The molecule has 0 saturated carbocycles. The van der Waals surface area contributed by atoms with Crippen molar-refractivity contribution >= 4 is 24.5 Å². The number of halogens is 2. The van der Waals surface area contributed by atoms with E-state index in [4.69, 9.17) is 16.6 Å². The lowest BCUT2D eigenvalue weighted by Crippen LogP contribution is -2.13. The van der Waals surface area contributed by atoms with Crippen LogP contribution in [0.5, 0.6) is 0 Å². The SMILES string of the molecule is OBc1ccc(Cl)c(F)c1. The van der Waals surface area contributed by atoms with Crippen LogP contribution in [0.25, 0.3) is 0 Å². The molecule has 0 amide bonds. The second-order valence-corrected chi connectivity index (χ2v) is 2.31. The molecule has 4 heteroatoms. The molecule has 0 aliphatic carbocycles. The first kappa shape index (κ1) is 7.57. The molecule has 1 rings (SSSR count). The highest BCUT2D eigenvalue weighted by Crippen LogP contribution is 2.10. The highest BCUT2D eigenvalue weighted by molar-refractivity contribution is 6.45. The van der Waals surface area contributed by atoms with E-state index in [1.54, 1.807) is 6.07 Å². The molecule has 1 N–H and O–H groups in total. The molecule has 10 heavy (non-hydrogen) atoms. The molecule has 0 radical (unpaired) electrons. The van der Waals surface area contributed by atoms with E-state index in [-0.39, 0.29) is 12.5 Å². The van der Waals surface area contributed by atoms with Crippen molar-refractivity contribution in [3.63, 3.8) is 0 Å². The Balaban J connectivity index is 3.04. The fourth-order valence-electron chi connectivity index (χ4n) is 0.638. The van der Waals surface area contributed by atoms with Crippen molar-refractivity contribution in [2.24, 2.45) is 0 Å². The van der Waals surface area contributed by atoms with Crippen LogP contribution in [0.3, 0.4) is 0 Å². The van der Waals surface area contributed by atoms with Gasteiger partial charge in [0, 0.05) is 0 Å². The topological polar surface area (TPSA) is 20.2 Å². The zero-order chi connectivity index (χ0) is 7.56. The summed E-state index contributed by atoms with van der Waals surface area (Å²) < 4.78 is 12.5. The maximum absolute atomic E-state index is 12.5. The molecule has 0 aliphatic heterocycles. The number of hydrogen-bond acceptors (Lipinski definition) is 1. The van der Waals surface area contributed by atoms with Gasteiger partial charge in [-0.1, -0.05) is 17.7 Å². The lowest BCUT2D eigenvalue weighted by Gasteiger charge is -1.95. The molecular formula is C6H5BClFO. The predicted molar refractivity (Wildman–Crippen MR) is 40.4 cm³/mol. The average molecular weight is 158 g/mol. The van der Waals surface area contributed by atoms with E-state index >= 15 is 0 Å². The van der Waals surface area contributed by atoms with Crippen molar-refractivity contribution < 1.29 is 9.41 Å². The zero-order valence-corrected chi connectivity index (χ0v) is 5.90. The van der Waals surface area contributed by atoms with Gasteiger partial charge in [-0.2, -0.15) is 0 Å². The number of benzene rings is 1. The summed E-state index contributed by atoms with van der Waals surface area (Å²) >= 11 is 5.38. The summed E-state index contributed by atoms with van der Waals surface area (Å²) in [6, 6.07) is 4.20. The summed E-state index contributed by atoms with van der Waals surface area (Å²) in [7, 11) is -0.159. The van der Waals surface area contributed by atoms with Crippen LogP contribution >= 0.6 is 11.6 Å². The van der Waals surface area contributed by atoms with Gasteiger partial charge in [-0.3, -0.25) is 0 Å². The van der Waals surface area contributed by atoms with Gasteiger partial charge in [0.15, 0.2) is 0 Å². The largest absolute Gasteiger partial charge is 0.449 e. The van der Waals surface area contributed by atoms with Gasteiger partial charge in [-0.05, 0) is 17.6 Å². The van der Waals surface area contributed by atoms with Crippen molar-refractivity contribution in [2.45, 2.75) is 0 Å². The van der Waals surface area contributed by atoms with Crippen LogP contribution in [0.2, 0.25) is 5.02 Å². The third-order valence-electron chi connectivity index (χ3n) is 1.17. The van der Waals surface area contributed by atoms with E-state index in [1.807, 2.05) is 0 Å². The minimum Gasteiger partial charge on any atom is -0.449 e. The van der Waals surface area contributed by atoms with E-state index in [9.17, 15) is 4.39 Å². The summed E-state index contributed by atoms with van der Waals surface area (Å²) in [4.78, 5) is 0. The van der Waals surface area contributed by atoms with Gasteiger partial charge < -0.3 is 5.02 Å². The van der Waals surface area contributed by atoms with Gasteiger partial charge in [0.2, 0.25) is 0 Å². The third kappa shape index (κ3) is 1.49. The second-order valence-electron chi connectivity index (χ2n) is 1.91. The Kier molecular flexibility index (Phi) is 2.30. The first-order valence-electron chi connectivity index (χ1n) is 2.79. The van der Waals surface area contributed by atoms with Crippen molar-refractivity contribution in [1.82, 2.24) is 0 Å². The summed E-state index contributed by atoms with van der Waals surface area (Å²) in [6.07, 6.45) is 0. The lowest BCUT2D eigenvalue weighted by molar-refractivity contribution is 0.611. The van der Waals surface area contributed by atoms with Crippen LogP contribution in [0.1, 0.15) is 0 Å². The molecule has 0 aromatic heterocycles. The Hall–Kier alpha value is -0.535. The van der Waals surface area contributed by atoms with E-state index in [0.29, 0.717) is 5.46 Å². The zero-order valence-electron chi connectivity index (χ0n) is 5.14. The summed E-state index contributed by atoms with van der Waals surface area (Å²) in [5.41, 5.74) is 0.530. The van der Waals surface area contributed by atoms with Crippen LogP contribution in [0, 0.1) is 5.82 Å². The van der Waals surface area contributed by atoms with E-state index in [1.165, 1.54) is 12.1 Å². The highest BCUT2D eigenvalue weighted by atomic mass is 35.5. The fraction of sp³-hybridized carbons (Fsp3) is 0. The first-order valence-corrected chi connectivity index (χ1v) is 3.16. The Morgan fingerprint density at radius 2 is 2.20 bits per heavy atom. The molecule has 1 aromatic rings. The molecule has 0 heterocycles. The Morgan fingerprint density at radius 1 is 1.50 bits per heavy atom. The fourth-order valence-corrected chi connectivity index (χ4v) is 0.756. The highest BCUT2D eigenvalue weighted by Gasteiger charge is 1.99. The van der Waals surface area contributed by atoms with Gasteiger partial charge in [0.1, 0.15) is 5.82 Å². The molecule has 0 aliphatic rings. The summed E-state index contributed by atoms with van der Waals surface area (Å²) in [6.45, 7) is 0. The Labute approximate surface area is 63.7 Å².